The predicted molar refractivity (Wildman–Crippen MR) is 144 cm³/mol. The van der Waals surface area contributed by atoms with Gasteiger partial charge in [0.1, 0.15) is 17.9 Å². The molecule has 0 spiro atoms. The van der Waals surface area contributed by atoms with Crippen LogP contribution in [0.3, 0.4) is 0 Å². The summed E-state index contributed by atoms with van der Waals surface area (Å²) in [6.45, 7) is 4.29. The van der Waals surface area contributed by atoms with Crippen LogP contribution in [0.2, 0.25) is 0 Å². The zero-order valence-electron chi connectivity index (χ0n) is 20.7. The number of carbonyl (C=O) groups excluding carboxylic acids is 3. The lowest BCUT2D eigenvalue weighted by molar-refractivity contribution is -0.122. The van der Waals surface area contributed by atoms with Crippen molar-refractivity contribution in [2.75, 3.05) is 4.90 Å². The van der Waals surface area contributed by atoms with Gasteiger partial charge in [-0.15, -0.1) is 0 Å². The molecule has 0 atom stereocenters. The Morgan fingerprint density at radius 1 is 0.865 bits per heavy atom. The largest absolute Gasteiger partial charge is 0.488 e. The van der Waals surface area contributed by atoms with Gasteiger partial charge in [0.05, 0.1) is 5.69 Å². The van der Waals surface area contributed by atoms with E-state index in [-0.39, 0.29) is 5.57 Å². The maximum absolute atomic E-state index is 13.6. The number of carbonyl (C=O) groups is 3. The Labute approximate surface area is 215 Å². The Morgan fingerprint density at radius 2 is 1.59 bits per heavy atom. The number of hydrogen-bond donors (Lipinski definition) is 1. The molecule has 1 fully saturated rings. The number of rotatable bonds is 6. The fourth-order valence-electron chi connectivity index (χ4n) is 4.44. The molecule has 1 heterocycles. The van der Waals surface area contributed by atoms with E-state index in [1.54, 1.807) is 12.1 Å². The molecule has 5 rings (SSSR count). The van der Waals surface area contributed by atoms with Crippen molar-refractivity contribution in [3.63, 3.8) is 0 Å². The van der Waals surface area contributed by atoms with Crippen LogP contribution in [0.5, 0.6) is 5.75 Å². The van der Waals surface area contributed by atoms with Crippen molar-refractivity contribution in [3.05, 3.63) is 113 Å². The van der Waals surface area contributed by atoms with E-state index in [0.717, 1.165) is 32.4 Å². The van der Waals surface area contributed by atoms with Crippen LogP contribution in [0.1, 0.15) is 29.2 Å². The van der Waals surface area contributed by atoms with Gasteiger partial charge in [-0.25, -0.2) is 9.69 Å². The number of nitrogens with zero attached hydrogens (tertiary/aromatic N) is 1. The van der Waals surface area contributed by atoms with Gasteiger partial charge >= 0.3 is 6.03 Å². The molecular formula is C31H26N2O4. The van der Waals surface area contributed by atoms with Crippen molar-refractivity contribution < 1.29 is 19.1 Å². The number of urea groups is 1. The normalized spacial score (nSPS) is 14.8. The number of nitrogens with one attached hydrogen (secondary N) is 1. The highest BCUT2D eigenvalue weighted by molar-refractivity contribution is 6.39. The number of anilines is 1. The third-order valence-corrected chi connectivity index (χ3v) is 6.45. The second-order valence-electron chi connectivity index (χ2n) is 8.91. The second kappa shape index (κ2) is 10.1. The van der Waals surface area contributed by atoms with Gasteiger partial charge in [-0.2, -0.15) is 0 Å². The van der Waals surface area contributed by atoms with Gasteiger partial charge in [-0.3, -0.25) is 14.9 Å². The number of ether oxygens (including phenoxy) is 1. The first-order chi connectivity index (χ1) is 18.0. The van der Waals surface area contributed by atoms with E-state index in [2.05, 4.69) is 5.32 Å². The maximum atomic E-state index is 13.6. The van der Waals surface area contributed by atoms with Gasteiger partial charge in [0.2, 0.25) is 0 Å². The molecule has 1 N–H and O–H groups in total. The quantitative estimate of drug-likeness (QED) is 0.267. The number of barbiturate groups is 1. The maximum Gasteiger partial charge on any atom is 0.335 e. The van der Waals surface area contributed by atoms with E-state index in [1.165, 1.54) is 6.08 Å². The van der Waals surface area contributed by atoms with Crippen LogP contribution in [0.25, 0.3) is 16.8 Å². The molecule has 0 saturated carbocycles. The van der Waals surface area contributed by atoms with Gasteiger partial charge in [0.15, 0.2) is 0 Å². The van der Waals surface area contributed by atoms with Crippen LogP contribution in [-0.4, -0.2) is 17.8 Å². The van der Waals surface area contributed by atoms with Crippen molar-refractivity contribution >= 4 is 40.4 Å². The molecule has 4 amide bonds. The van der Waals surface area contributed by atoms with Crippen molar-refractivity contribution in [2.45, 2.75) is 26.9 Å². The molecule has 6 heteroatoms. The Balaban J connectivity index is 1.59. The number of aryl methyl sites for hydroxylation is 2. The molecule has 1 saturated heterocycles. The highest BCUT2D eigenvalue weighted by Crippen LogP contribution is 2.33. The standard InChI is InChI=1S/C31H26N2O4/c1-3-22-8-5-7-11-27(22)33-30(35)26(29(34)32-31(33)36)18-25-24-10-6-4-9-23(24)16-17-28(25)37-19-21-14-12-20(2)13-15-21/h4-18H,3,19H2,1-2H3,(H,32,34,36)/b26-18-. The Morgan fingerprint density at radius 3 is 2.38 bits per heavy atom. The second-order valence-corrected chi connectivity index (χ2v) is 8.91. The number of para-hydroxylation sites is 1. The summed E-state index contributed by atoms with van der Waals surface area (Å²) in [5.74, 6) is -0.880. The molecule has 4 aromatic carbocycles. The third-order valence-electron chi connectivity index (χ3n) is 6.45. The van der Waals surface area contributed by atoms with E-state index in [1.807, 2.05) is 86.6 Å². The third kappa shape index (κ3) is 4.74. The molecule has 184 valence electrons. The lowest BCUT2D eigenvalue weighted by atomic mass is 9.99. The van der Waals surface area contributed by atoms with Crippen LogP contribution in [-0.2, 0) is 22.6 Å². The van der Waals surface area contributed by atoms with Gasteiger partial charge in [0.25, 0.3) is 11.8 Å². The number of benzene rings is 4. The van der Waals surface area contributed by atoms with E-state index in [9.17, 15) is 14.4 Å². The minimum Gasteiger partial charge on any atom is -0.488 e. The Kier molecular flexibility index (Phi) is 6.56. The highest BCUT2D eigenvalue weighted by atomic mass is 16.5. The van der Waals surface area contributed by atoms with Gasteiger partial charge in [0, 0.05) is 5.56 Å². The molecular weight excluding hydrogens is 464 g/mol. The minimum absolute atomic E-state index is 0.137. The lowest BCUT2D eigenvalue weighted by Gasteiger charge is -2.28. The van der Waals surface area contributed by atoms with Gasteiger partial charge < -0.3 is 4.74 Å². The number of imide groups is 2. The lowest BCUT2D eigenvalue weighted by Crippen LogP contribution is -2.54. The highest BCUT2D eigenvalue weighted by Gasteiger charge is 2.37. The van der Waals surface area contributed by atoms with Crippen LogP contribution in [0, 0.1) is 6.92 Å². The molecule has 0 bridgehead atoms. The molecule has 1 aliphatic heterocycles. The molecule has 37 heavy (non-hydrogen) atoms. The first-order valence-electron chi connectivity index (χ1n) is 12.2. The van der Waals surface area contributed by atoms with Crippen LogP contribution in [0.15, 0.2) is 90.5 Å². The topological polar surface area (TPSA) is 75.7 Å². The van der Waals surface area contributed by atoms with Crippen LogP contribution in [0.4, 0.5) is 10.5 Å². The number of hydrogen-bond acceptors (Lipinski definition) is 4. The zero-order chi connectivity index (χ0) is 25.9. The van der Waals surface area contributed by atoms with Crippen molar-refractivity contribution in [2.24, 2.45) is 0 Å². The average Bonchev–Trinajstić information content (AvgIpc) is 2.91. The zero-order valence-corrected chi connectivity index (χ0v) is 20.7. The predicted octanol–water partition coefficient (Wildman–Crippen LogP) is 5.96. The first-order valence-corrected chi connectivity index (χ1v) is 12.2. The molecule has 0 aromatic heterocycles. The fourth-order valence-corrected chi connectivity index (χ4v) is 4.44. The van der Waals surface area contributed by atoms with Gasteiger partial charge in [-0.1, -0.05) is 85.3 Å². The van der Waals surface area contributed by atoms with E-state index in [4.69, 9.17) is 4.74 Å². The van der Waals surface area contributed by atoms with E-state index in [0.29, 0.717) is 30.0 Å². The molecule has 0 radical (unpaired) electrons. The summed E-state index contributed by atoms with van der Waals surface area (Å²) in [5, 5.41) is 4.09. The summed E-state index contributed by atoms with van der Waals surface area (Å²) in [5.41, 5.74) is 3.90. The molecule has 4 aromatic rings. The SMILES string of the molecule is CCc1ccccc1N1C(=O)NC(=O)/C(=C/c2c(OCc3ccc(C)cc3)ccc3ccccc23)C1=O. The molecule has 0 unspecified atom stereocenters. The van der Waals surface area contributed by atoms with E-state index < -0.39 is 17.8 Å². The average molecular weight is 491 g/mol. The summed E-state index contributed by atoms with van der Waals surface area (Å²) in [4.78, 5) is 40.3. The smallest absolute Gasteiger partial charge is 0.335 e. The Hall–Kier alpha value is -4.71. The van der Waals surface area contributed by atoms with Crippen molar-refractivity contribution in [1.82, 2.24) is 5.32 Å². The summed E-state index contributed by atoms with van der Waals surface area (Å²) in [6, 6.07) is 25.9. The number of fused-ring (bicyclic) bond motifs is 1. The summed E-state index contributed by atoms with van der Waals surface area (Å²) >= 11 is 0. The van der Waals surface area contributed by atoms with Crippen molar-refractivity contribution in [3.8, 4) is 5.75 Å². The van der Waals surface area contributed by atoms with Crippen LogP contribution >= 0.6 is 0 Å². The molecule has 6 nitrogen and oxygen atoms in total. The van der Waals surface area contributed by atoms with Crippen LogP contribution < -0.4 is 15.0 Å². The Bertz CT molecular complexity index is 1550. The fraction of sp³-hybridized carbons (Fsp3) is 0.129. The summed E-state index contributed by atoms with van der Waals surface area (Å²) in [6.07, 6.45) is 2.15. The monoisotopic (exact) mass is 490 g/mol. The minimum atomic E-state index is -0.762. The van der Waals surface area contributed by atoms with Crippen molar-refractivity contribution in [1.29, 1.82) is 0 Å². The summed E-state index contributed by atoms with van der Waals surface area (Å²) in [7, 11) is 0. The van der Waals surface area contributed by atoms with E-state index >= 15 is 0 Å². The first kappa shape index (κ1) is 24.0. The van der Waals surface area contributed by atoms with Gasteiger partial charge in [-0.05, 0) is 53.5 Å². The molecule has 1 aliphatic rings. The molecule has 0 aliphatic carbocycles. The summed E-state index contributed by atoms with van der Waals surface area (Å²) < 4.78 is 6.18. The number of amides is 4.